The van der Waals surface area contributed by atoms with Gasteiger partial charge in [-0.15, -0.1) is 0 Å². The van der Waals surface area contributed by atoms with Crippen LogP contribution in [0.25, 0.3) is 0 Å². The average Bonchev–Trinajstić information content (AvgIpc) is 2.43. The third kappa shape index (κ3) is 3.32. The van der Waals surface area contributed by atoms with E-state index in [2.05, 4.69) is 0 Å². The molecule has 0 heterocycles. The molecule has 1 atom stereocenters. The van der Waals surface area contributed by atoms with Gasteiger partial charge in [-0.2, -0.15) is 0 Å². The molecule has 2 aromatic carbocycles. The quantitative estimate of drug-likeness (QED) is 0.884. The third-order valence-corrected chi connectivity index (χ3v) is 2.97. The van der Waals surface area contributed by atoms with Gasteiger partial charge in [0.05, 0.1) is 6.10 Å². The summed E-state index contributed by atoms with van der Waals surface area (Å²) in [6.45, 7) is 3.80. The number of ether oxygens (including phenoxy) is 1. The van der Waals surface area contributed by atoms with E-state index < -0.39 is 6.10 Å². The topological polar surface area (TPSA) is 29.5 Å². The van der Waals surface area contributed by atoms with E-state index in [4.69, 9.17) is 4.74 Å². The molecule has 0 aliphatic rings. The Hall–Kier alpha value is -1.87. The maximum atomic E-state index is 13.6. The molecule has 2 nitrogen and oxygen atoms in total. The highest BCUT2D eigenvalue weighted by molar-refractivity contribution is 5.36. The van der Waals surface area contributed by atoms with E-state index in [0.29, 0.717) is 12.2 Å². The number of halogens is 1. The van der Waals surface area contributed by atoms with Gasteiger partial charge in [-0.25, -0.2) is 4.39 Å². The fraction of sp³-hybridized carbons (Fsp3) is 0.250. The molecular formula is C16H17FO2. The summed E-state index contributed by atoms with van der Waals surface area (Å²) in [5, 5.41) is 9.69. The van der Waals surface area contributed by atoms with Crippen LogP contribution in [0.1, 0.15) is 30.6 Å². The standard InChI is InChI=1S/C16H17FO2/c1-3-15(18)12-5-7-13(8-6-12)19-16-10-11(2)4-9-14(16)17/h4-10,15,18H,3H2,1-2H3/t15-/m0/s1. The molecule has 1 N–H and O–H groups in total. The van der Waals surface area contributed by atoms with Gasteiger partial charge in [0, 0.05) is 0 Å². The first kappa shape index (κ1) is 13.6. The van der Waals surface area contributed by atoms with E-state index in [1.165, 1.54) is 6.07 Å². The van der Waals surface area contributed by atoms with Crippen molar-refractivity contribution < 1.29 is 14.2 Å². The van der Waals surface area contributed by atoms with Gasteiger partial charge in [0.25, 0.3) is 0 Å². The zero-order valence-electron chi connectivity index (χ0n) is 11.1. The monoisotopic (exact) mass is 260 g/mol. The summed E-state index contributed by atoms with van der Waals surface area (Å²) in [7, 11) is 0. The van der Waals surface area contributed by atoms with E-state index in [1.54, 1.807) is 36.4 Å². The van der Waals surface area contributed by atoms with Crippen LogP contribution in [0.4, 0.5) is 4.39 Å². The molecule has 0 amide bonds. The predicted molar refractivity (Wildman–Crippen MR) is 72.9 cm³/mol. The lowest BCUT2D eigenvalue weighted by Gasteiger charge is -2.10. The Morgan fingerprint density at radius 2 is 1.84 bits per heavy atom. The first-order valence-electron chi connectivity index (χ1n) is 6.32. The largest absolute Gasteiger partial charge is 0.454 e. The molecule has 0 saturated carbocycles. The molecule has 2 rings (SSSR count). The highest BCUT2D eigenvalue weighted by atomic mass is 19.1. The number of hydrogen-bond acceptors (Lipinski definition) is 2. The molecule has 0 aliphatic carbocycles. The smallest absolute Gasteiger partial charge is 0.165 e. The van der Waals surface area contributed by atoms with E-state index in [1.807, 2.05) is 13.8 Å². The van der Waals surface area contributed by atoms with Crippen LogP contribution < -0.4 is 4.74 Å². The Kier molecular flexibility index (Phi) is 4.17. The second kappa shape index (κ2) is 5.85. The Labute approximate surface area is 112 Å². The number of benzene rings is 2. The molecule has 0 bridgehead atoms. The Balaban J connectivity index is 2.17. The van der Waals surface area contributed by atoms with Gasteiger partial charge in [-0.1, -0.05) is 25.1 Å². The SMILES string of the molecule is CC[C@H](O)c1ccc(Oc2cc(C)ccc2F)cc1. The molecule has 0 fully saturated rings. The molecule has 100 valence electrons. The first-order valence-corrected chi connectivity index (χ1v) is 6.32. The fourth-order valence-corrected chi connectivity index (χ4v) is 1.81. The van der Waals surface area contributed by atoms with Gasteiger partial charge < -0.3 is 9.84 Å². The van der Waals surface area contributed by atoms with Crippen molar-refractivity contribution in [3.63, 3.8) is 0 Å². The van der Waals surface area contributed by atoms with Crippen LogP contribution in [0.15, 0.2) is 42.5 Å². The lowest BCUT2D eigenvalue weighted by molar-refractivity contribution is 0.173. The van der Waals surface area contributed by atoms with E-state index in [-0.39, 0.29) is 11.6 Å². The number of rotatable bonds is 4. The summed E-state index contributed by atoms with van der Waals surface area (Å²) in [4.78, 5) is 0. The van der Waals surface area contributed by atoms with E-state index >= 15 is 0 Å². The fourth-order valence-electron chi connectivity index (χ4n) is 1.81. The van der Waals surface area contributed by atoms with Crippen LogP contribution >= 0.6 is 0 Å². The van der Waals surface area contributed by atoms with Crippen molar-refractivity contribution in [2.75, 3.05) is 0 Å². The minimum atomic E-state index is -0.468. The molecule has 2 aromatic rings. The van der Waals surface area contributed by atoms with E-state index in [0.717, 1.165) is 11.1 Å². The van der Waals surface area contributed by atoms with Gasteiger partial charge in [-0.3, -0.25) is 0 Å². The van der Waals surface area contributed by atoms with Crippen LogP contribution in [0.5, 0.6) is 11.5 Å². The van der Waals surface area contributed by atoms with E-state index in [9.17, 15) is 9.50 Å². The first-order chi connectivity index (χ1) is 9.10. The molecule has 3 heteroatoms. The van der Waals surface area contributed by atoms with Crippen molar-refractivity contribution in [2.24, 2.45) is 0 Å². The molecular weight excluding hydrogens is 243 g/mol. The van der Waals surface area contributed by atoms with Crippen molar-refractivity contribution in [3.05, 3.63) is 59.4 Å². The van der Waals surface area contributed by atoms with Crippen LogP contribution in [-0.2, 0) is 0 Å². The van der Waals surface area contributed by atoms with Crippen LogP contribution in [0.2, 0.25) is 0 Å². The van der Waals surface area contributed by atoms with Gasteiger partial charge in [0.1, 0.15) is 5.75 Å². The number of aliphatic hydroxyl groups excluding tert-OH is 1. The summed E-state index contributed by atoms with van der Waals surface area (Å²) >= 11 is 0. The molecule has 19 heavy (non-hydrogen) atoms. The average molecular weight is 260 g/mol. The van der Waals surface area contributed by atoms with Gasteiger partial charge in [0.15, 0.2) is 11.6 Å². The van der Waals surface area contributed by atoms with Crippen molar-refractivity contribution >= 4 is 0 Å². The van der Waals surface area contributed by atoms with Crippen molar-refractivity contribution in [1.29, 1.82) is 0 Å². The lowest BCUT2D eigenvalue weighted by Crippen LogP contribution is -1.95. The van der Waals surface area contributed by atoms with Gasteiger partial charge in [0.2, 0.25) is 0 Å². The Bertz CT molecular complexity index is 549. The Morgan fingerprint density at radius 1 is 1.16 bits per heavy atom. The highest BCUT2D eigenvalue weighted by Gasteiger charge is 2.07. The summed E-state index contributed by atoms with van der Waals surface area (Å²) in [6.07, 6.45) is 0.192. The summed E-state index contributed by atoms with van der Waals surface area (Å²) < 4.78 is 19.1. The normalized spacial score (nSPS) is 12.2. The number of aliphatic hydroxyl groups is 1. The second-order valence-corrected chi connectivity index (χ2v) is 4.53. The van der Waals surface area contributed by atoms with Crippen molar-refractivity contribution in [3.8, 4) is 11.5 Å². The second-order valence-electron chi connectivity index (χ2n) is 4.53. The molecule has 0 saturated heterocycles. The number of aryl methyl sites for hydroxylation is 1. The maximum absolute atomic E-state index is 13.6. The Morgan fingerprint density at radius 3 is 2.47 bits per heavy atom. The van der Waals surface area contributed by atoms with Gasteiger partial charge >= 0.3 is 0 Å². The minimum absolute atomic E-state index is 0.212. The minimum Gasteiger partial charge on any atom is -0.454 e. The van der Waals surface area contributed by atoms with Gasteiger partial charge in [-0.05, 0) is 48.7 Å². The van der Waals surface area contributed by atoms with Crippen molar-refractivity contribution in [2.45, 2.75) is 26.4 Å². The third-order valence-electron chi connectivity index (χ3n) is 2.97. The van der Waals surface area contributed by atoms with Crippen molar-refractivity contribution in [1.82, 2.24) is 0 Å². The zero-order chi connectivity index (χ0) is 13.8. The molecule has 0 spiro atoms. The molecule has 0 aromatic heterocycles. The number of hydrogen-bond donors (Lipinski definition) is 1. The summed E-state index contributed by atoms with van der Waals surface area (Å²) in [5.74, 6) is 0.378. The van der Waals surface area contributed by atoms with Crippen LogP contribution in [0.3, 0.4) is 0 Å². The molecule has 0 unspecified atom stereocenters. The lowest BCUT2D eigenvalue weighted by atomic mass is 10.1. The predicted octanol–water partition coefficient (Wildman–Crippen LogP) is 4.37. The molecule has 0 radical (unpaired) electrons. The van der Waals surface area contributed by atoms with Crippen LogP contribution in [0, 0.1) is 12.7 Å². The summed E-state index contributed by atoms with van der Waals surface area (Å²) in [6, 6.07) is 11.8. The maximum Gasteiger partial charge on any atom is 0.165 e. The van der Waals surface area contributed by atoms with Crippen LogP contribution in [-0.4, -0.2) is 5.11 Å². The summed E-state index contributed by atoms with van der Waals surface area (Å²) in [5.41, 5.74) is 1.77. The highest BCUT2D eigenvalue weighted by Crippen LogP contribution is 2.27. The molecule has 0 aliphatic heterocycles. The zero-order valence-corrected chi connectivity index (χ0v) is 11.1.